The average molecular weight is 470 g/mol. The number of benzene rings is 3. The minimum atomic E-state index is -1.42. The largest absolute Gasteiger partial charge is 0.442 e. The number of urea groups is 1. The van der Waals surface area contributed by atoms with Crippen LogP contribution in [0.5, 0.6) is 0 Å². The van der Waals surface area contributed by atoms with Crippen molar-refractivity contribution in [3.63, 3.8) is 0 Å². The number of hydrogen-bond acceptors (Lipinski definition) is 6. The first kappa shape index (κ1) is 23.4. The van der Waals surface area contributed by atoms with Crippen molar-refractivity contribution >= 4 is 28.7 Å². The van der Waals surface area contributed by atoms with Crippen molar-refractivity contribution in [2.75, 3.05) is 7.05 Å². The van der Waals surface area contributed by atoms with Gasteiger partial charge in [0.1, 0.15) is 0 Å². The van der Waals surface area contributed by atoms with Gasteiger partial charge in [-0.15, -0.1) is 0 Å². The molecule has 9 nitrogen and oxygen atoms in total. The van der Waals surface area contributed by atoms with E-state index >= 15 is 0 Å². The van der Waals surface area contributed by atoms with Crippen molar-refractivity contribution < 1.29 is 19.1 Å². The SMILES string of the molecule is CNC(=O)NC(=O)[C@H](OC(=O)c1nn(Cc2ccccc2)c(=O)c2ccccc12)c1ccccc1. The fraction of sp³-hybridized carbons (Fsp3) is 0.115. The molecule has 2 N–H and O–H groups in total. The van der Waals surface area contributed by atoms with Crippen LogP contribution >= 0.6 is 0 Å². The highest BCUT2D eigenvalue weighted by atomic mass is 16.5. The van der Waals surface area contributed by atoms with Crippen LogP contribution < -0.4 is 16.2 Å². The molecule has 1 heterocycles. The van der Waals surface area contributed by atoms with Gasteiger partial charge in [0.25, 0.3) is 11.5 Å². The molecule has 4 aromatic rings. The first-order valence-electron chi connectivity index (χ1n) is 10.8. The molecule has 0 radical (unpaired) electrons. The Hall–Kier alpha value is -4.79. The second-order valence-electron chi connectivity index (χ2n) is 7.61. The van der Waals surface area contributed by atoms with E-state index in [4.69, 9.17) is 4.74 Å². The van der Waals surface area contributed by atoms with Crippen LogP contribution in [0.1, 0.15) is 27.7 Å². The van der Waals surface area contributed by atoms with E-state index in [1.807, 2.05) is 30.3 Å². The van der Waals surface area contributed by atoms with Gasteiger partial charge in [0, 0.05) is 18.0 Å². The molecule has 0 aliphatic rings. The van der Waals surface area contributed by atoms with Gasteiger partial charge >= 0.3 is 12.0 Å². The zero-order valence-corrected chi connectivity index (χ0v) is 18.8. The van der Waals surface area contributed by atoms with Crippen molar-refractivity contribution in [3.05, 3.63) is 112 Å². The van der Waals surface area contributed by atoms with Crippen molar-refractivity contribution in [2.45, 2.75) is 12.6 Å². The van der Waals surface area contributed by atoms with Crippen LogP contribution in [-0.2, 0) is 16.1 Å². The molecular formula is C26H22N4O5. The topological polar surface area (TPSA) is 119 Å². The van der Waals surface area contributed by atoms with Gasteiger partial charge in [0.2, 0.25) is 6.10 Å². The molecule has 0 saturated heterocycles. The Morgan fingerprint density at radius 2 is 1.49 bits per heavy atom. The maximum atomic E-state index is 13.3. The third kappa shape index (κ3) is 5.25. The van der Waals surface area contributed by atoms with E-state index in [1.54, 1.807) is 54.6 Å². The summed E-state index contributed by atoms with van der Waals surface area (Å²) in [4.78, 5) is 50.9. The first-order chi connectivity index (χ1) is 17.0. The number of imide groups is 1. The van der Waals surface area contributed by atoms with E-state index in [1.165, 1.54) is 11.7 Å². The van der Waals surface area contributed by atoms with Crippen molar-refractivity contribution in [1.82, 2.24) is 20.4 Å². The summed E-state index contributed by atoms with van der Waals surface area (Å²) in [5, 5.41) is 9.30. The molecule has 176 valence electrons. The summed E-state index contributed by atoms with van der Waals surface area (Å²) >= 11 is 0. The van der Waals surface area contributed by atoms with E-state index < -0.39 is 24.0 Å². The van der Waals surface area contributed by atoms with Gasteiger partial charge in [-0.25, -0.2) is 14.3 Å². The molecule has 0 bridgehead atoms. The van der Waals surface area contributed by atoms with Crippen LogP contribution in [0.2, 0.25) is 0 Å². The average Bonchev–Trinajstić information content (AvgIpc) is 2.89. The van der Waals surface area contributed by atoms with Crippen LogP contribution in [-0.4, -0.2) is 34.7 Å². The number of carbonyl (C=O) groups is 3. The van der Waals surface area contributed by atoms with Crippen LogP contribution in [0.25, 0.3) is 10.8 Å². The number of rotatable bonds is 6. The number of nitrogens with zero attached hydrogens (tertiary/aromatic N) is 2. The molecule has 3 amide bonds. The molecule has 0 aliphatic carbocycles. The molecule has 0 spiro atoms. The van der Waals surface area contributed by atoms with E-state index in [0.717, 1.165) is 5.56 Å². The Morgan fingerprint density at radius 1 is 0.886 bits per heavy atom. The molecule has 1 atom stereocenters. The minimum Gasteiger partial charge on any atom is -0.442 e. The number of fused-ring (bicyclic) bond motifs is 1. The Bertz CT molecular complexity index is 1430. The number of amides is 3. The van der Waals surface area contributed by atoms with Gasteiger partial charge in [0.05, 0.1) is 11.9 Å². The molecule has 35 heavy (non-hydrogen) atoms. The zero-order valence-electron chi connectivity index (χ0n) is 18.8. The normalized spacial score (nSPS) is 11.5. The lowest BCUT2D eigenvalue weighted by molar-refractivity contribution is -0.129. The van der Waals surface area contributed by atoms with E-state index in [-0.39, 0.29) is 23.2 Å². The molecule has 9 heteroatoms. The molecule has 0 unspecified atom stereocenters. The zero-order chi connectivity index (χ0) is 24.8. The summed E-state index contributed by atoms with van der Waals surface area (Å²) in [6.45, 7) is 0.143. The van der Waals surface area contributed by atoms with E-state index in [2.05, 4.69) is 15.7 Å². The predicted molar refractivity (Wildman–Crippen MR) is 129 cm³/mol. The van der Waals surface area contributed by atoms with Crippen molar-refractivity contribution in [3.8, 4) is 0 Å². The number of nitrogens with one attached hydrogen (secondary N) is 2. The number of carbonyl (C=O) groups excluding carboxylic acids is 3. The number of esters is 1. The Balaban J connectivity index is 1.74. The lowest BCUT2D eigenvalue weighted by Gasteiger charge is -2.18. The molecular weight excluding hydrogens is 448 g/mol. The highest BCUT2D eigenvalue weighted by Gasteiger charge is 2.29. The maximum Gasteiger partial charge on any atom is 0.360 e. The summed E-state index contributed by atoms with van der Waals surface area (Å²) in [7, 11) is 1.36. The number of aromatic nitrogens is 2. The maximum absolute atomic E-state index is 13.3. The summed E-state index contributed by atoms with van der Waals surface area (Å²) in [5.41, 5.74) is 0.704. The third-order valence-corrected chi connectivity index (χ3v) is 5.27. The molecule has 0 saturated carbocycles. The second-order valence-corrected chi connectivity index (χ2v) is 7.61. The summed E-state index contributed by atoms with van der Waals surface area (Å²) < 4.78 is 6.76. The quantitative estimate of drug-likeness (QED) is 0.418. The molecule has 1 aromatic heterocycles. The van der Waals surface area contributed by atoms with Gasteiger partial charge in [-0.1, -0.05) is 78.9 Å². The monoisotopic (exact) mass is 470 g/mol. The van der Waals surface area contributed by atoms with Gasteiger partial charge in [-0.05, 0) is 11.6 Å². The van der Waals surface area contributed by atoms with Gasteiger partial charge in [-0.3, -0.25) is 14.9 Å². The highest BCUT2D eigenvalue weighted by molar-refractivity contribution is 6.04. The lowest BCUT2D eigenvalue weighted by Crippen LogP contribution is -2.41. The molecule has 0 fully saturated rings. The fourth-order valence-electron chi connectivity index (χ4n) is 3.55. The fourth-order valence-corrected chi connectivity index (χ4v) is 3.55. The van der Waals surface area contributed by atoms with Crippen LogP contribution in [0.3, 0.4) is 0 Å². The highest BCUT2D eigenvalue weighted by Crippen LogP contribution is 2.22. The number of hydrogen-bond donors (Lipinski definition) is 2. The summed E-state index contributed by atoms with van der Waals surface area (Å²) in [6.07, 6.45) is -1.42. The summed E-state index contributed by atoms with van der Waals surface area (Å²) in [6, 6.07) is 23.3. The smallest absolute Gasteiger partial charge is 0.360 e. The lowest BCUT2D eigenvalue weighted by atomic mass is 10.1. The Labute approximate surface area is 200 Å². The Kier molecular flexibility index (Phi) is 6.96. The minimum absolute atomic E-state index is 0.121. The van der Waals surface area contributed by atoms with E-state index in [9.17, 15) is 19.2 Å². The van der Waals surface area contributed by atoms with Gasteiger partial charge in [0.15, 0.2) is 5.69 Å². The second kappa shape index (κ2) is 10.4. The standard InChI is InChI=1S/C26H22N4O5/c1-27-26(34)28-23(31)22(18-12-6-3-7-13-18)35-25(33)21-19-14-8-9-15-20(19)24(32)30(29-21)16-17-10-4-2-5-11-17/h2-15,22H,16H2,1H3,(H2,27,28,31,34)/t22-/m1/s1. The molecule has 4 rings (SSSR count). The van der Waals surface area contributed by atoms with Crippen LogP contribution in [0.15, 0.2) is 89.7 Å². The van der Waals surface area contributed by atoms with Crippen molar-refractivity contribution in [2.24, 2.45) is 0 Å². The molecule has 3 aromatic carbocycles. The third-order valence-electron chi connectivity index (χ3n) is 5.27. The van der Waals surface area contributed by atoms with Gasteiger partial charge < -0.3 is 10.1 Å². The van der Waals surface area contributed by atoms with Crippen molar-refractivity contribution in [1.29, 1.82) is 0 Å². The van der Waals surface area contributed by atoms with E-state index in [0.29, 0.717) is 10.9 Å². The first-order valence-corrected chi connectivity index (χ1v) is 10.8. The number of ether oxygens (including phenoxy) is 1. The Morgan fingerprint density at radius 3 is 2.14 bits per heavy atom. The molecule has 0 aliphatic heterocycles. The van der Waals surface area contributed by atoms with Crippen LogP contribution in [0, 0.1) is 0 Å². The van der Waals surface area contributed by atoms with Gasteiger partial charge in [-0.2, -0.15) is 5.10 Å². The van der Waals surface area contributed by atoms with Crippen LogP contribution in [0.4, 0.5) is 4.79 Å². The predicted octanol–water partition coefficient (Wildman–Crippen LogP) is 2.80. The summed E-state index contributed by atoms with van der Waals surface area (Å²) in [5.74, 6) is -1.74.